The summed E-state index contributed by atoms with van der Waals surface area (Å²) in [6, 6.07) is 0. The van der Waals surface area contributed by atoms with Crippen LogP contribution >= 0.6 is 0 Å². The third kappa shape index (κ3) is 5.14. The van der Waals surface area contributed by atoms with Crippen LogP contribution in [0.25, 0.3) is 0 Å². The van der Waals surface area contributed by atoms with Gasteiger partial charge in [0, 0.05) is 46.4 Å². The predicted octanol–water partition coefficient (Wildman–Crippen LogP) is 2.16. The Morgan fingerprint density at radius 3 is 2.32 bits per heavy atom. The summed E-state index contributed by atoms with van der Waals surface area (Å²) in [5, 5.41) is -0.0433. The highest BCUT2D eigenvalue weighted by molar-refractivity contribution is 7.91. The van der Waals surface area contributed by atoms with Crippen molar-refractivity contribution in [1.29, 1.82) is 0 Å². The van der Waals surface area contributed by atoms with E-state index in [4.69, 9.17) is 4.74 Å². The Balaban J connectivity index is 1.79. The van der Waals surface area contributed by atoms with Crippen LogP contribution in [0.2, 0.25) is 0 Å². The third-order valence-electron chi connectivity index (χ3n) is 6.21. The van der Waals surface area contributed by atoms with Crippen LogP contribution in [-0.4, -0.2) is 79.5 Å². The van der Waals surface area contributed by atoms with E-state index in [1.54, 1.807) is 13.3 Å². The highest BCUT2D eigenvalue weighted by Gasteiger charge is 2.33. The van der Waals surface area contributed by atoms with Gasteiger partial charge in [0.05, 0.1) is 23.7 Å². The van der Waals surface area contributed by atoms with Crippen molar-refractivity contribution in [2.24, 2.45) is 0 Å². The minimum absolute atomic E-state index is 0.249. The highest BCUT2D eigenvalue weighted by Crippen LogP contribution is 2.28. The molecule has 2 aliphatic rings. The van der Waals surface area contributed by atoms with Gasteiger partial charge in [-0.05, 0) is 19.4 Å². The largest absolute Gasteiger partial charge is 0.383 e. The van der Waals surface area contributed by atoms with Crippen LogP contribution in [0.3, 0.4) is 0 Å². The molecule has 1 aliphatic carbocycles. The normalized spacial score (nSPS) is 21.1. The molecule has 1 aliphatic heterocycles. The van der Waals surface area contributed by atoms with Gasteiger partial charge in [-0.15, -0.1) is 0 Å². The molecule has 3 rings (SSSR count). The maximum atomic E-state index is 13.4. The number of nitrogens with zero attached hydrogens (tertiary/aromatic N) is 4. The first-order valence-electron chi connectivity index (χ1n) is 10.8. The van der Waals surface area contributed by atoms with E-state index in [1.165, 1.54) is 0 Å². The zero-order valence-electron chi connectivity index (χ0n) is 17.5. The molecule has 1 saturated carbocycles. The van der Waals surface area contributed by atoms with Crippen LogP contribution in [0.4, 0.5) is 0 Å². The molecule has 0 radical (unpaired) electrons. The zero-order chi connectivity index (χ0) is 20.0. The van der Waals surface area contributed by atoms with E-state index in [0.29, 0.717) is 13.2 Å². The number of rotatable bonds is 8. The zero-order valence-corrected chi connectivity index (χ0v) is 18.3. The smallest absolute Gasteiger partial charge is 0.228 e. The van der Waals surface area contributed by atoms with Gasteiger partial charge in [-0.2, -0.15) is 0 Å². The molecule has 8 heteroatoms. The molecule has 7 nitrogen and oxygen atoms in total. The predicted molar refractivity (Wildman–Crippen MR) is 110 cm³/mol. The van der Waals surface area contributed by atoms with Crippen molar-refractivity contribution < 1.29 is 13.2 Å². The van der Waals surface area contributed by atoms with E-state index < -0.39 is 9.84 Å². The number of likely N-dealkylation sites (N-methyl/N-ethyl adjacent to an activating group) is 1. The van der Waals surface area contributed by atoms with Gasteiger partial charge in [-0.3, -0.25) is 4.90 Å². The van der Waals surface area contributed by atoms with Crippen LogP contribution in [0.1, 0.15) is 51.1 Å². The number of hydrogen-bond donors (Lipinski definition) is 0. The van der Waals surface area contributed by atoms with E-state index in [9.17, 15) is 8.42 Å². The average Bonchev–Trinajstić information content (AvgIpc) is 2.91. The fourth-order valence-electron chi connectivity index (χ4n) is 4.36. The molecule has 160 valence electrons. The molecular weight excluding hydrogens is 376 g/mol. The van der Waals surface area contributed by atoms with Gasteiger partial charge in [0.25, 0.3) is 0 Å². The van der Waals surface area contributed by atoms with Gasteiger partial charge < -0.3 is 14.2 Å². The van der Waals surface area contributed by atoms with Crippen molar-refractivity contribution in [2.45, 2.75) is 68.9 Å². The molecule has 0 aromatic carbocycles. The molecule has 0 N–H and O–H groups in total. The first kappa shape index (κ1) is 21.7. The van der Waals surface area contributed by atoms with Crippen LogP contribution in [0.15, 0.2) is 11.4 Å². The first-order valence-corrected chi connectivity index (χ1v) is 12.3. The molecule has 0 amide bonds. The van der Waals surface area contributed by atoms with E-state index in [2.05, 4.69) is 21.7 Å². The first-order chi connectivity index (χ1) is 13.6. The summed E-state index contributed by atoms with van der Waals surface area (Å²) >= 11 is 0. The van der Waals surface area contributed by atoms with Crippen LogP contribution < -0.4 is 0 Å². The maximum Gasteiger partial charge on any atom is 0.228 e. The molecule has 1 saturated heterocycles. The minimum atomic E-state index is -3.41. The molecule has 2 fully saturated rings. The second kappa shape index (κ2) is 10.2. The van der Waals surface area contributed by atoms with E-state index in [0.717, 1.165) is 83.5 Å². The number of imidazole rings is 1. The molecule has 2 heterocycles. The number of methoxy groups -OCH3 is 1. The van der Waals surface area contributed by atoms with E-state index in [1.807, 2.05) is 4.57 Å². The van der Waals surface area contributed by atoms with Crippen molar-refractivity contribution in [3.63, 3.8) is 0 Å². The standard InChI is InChI=1S/C20H36N4O3S/c1-3-22-10-12-23(13-11-22)17-18-16-21-20(24(18)14-15-27-2)28(25,26)19-8-6-4-5-7-9-19/h16,19H,3-15,17H2,1-2H3. The van der Waals surface area contributed by atoms with Gasteiger partial charge in [0.15, 0.2) is 0 Å². The van der Waals surface area contributed by atoms with E-state index >= 15 is 0 Å². The Kier molecular flexibility index (Phi) is 7.91. The molecule has 28 heavy (non-hydrogen) atoms. The summed E-state index contributed by atoms with van der Waals surface area (Å²) in [5.41, 5.74) is 0.981. The SMILES string of the molecule is CCN1CCN(Cc2cnc(S(=O)(=O)C3CCCCCC3)n2CCOC)CC1. The summed E-state index contributed by atoms with van der Waals surface area (Å²) < 4.78 is 33.9. The van der Waals surface area contributed by atoms with Crippen molar-refractivity contribution in [3.8, 4) is 0 Å². The fraction of sp³-hybridized carbons (Fsp3) is 0.850. The van der Waals surface area contributed by atoms with Crippen LogP contribution in [0, 0.1) is 0 Å². The number of piperazine rings is 1. The molecule has 0 atom stereocenters. The molecule has 0 spiro atoms. The Labute approximate surface area is 170 Å². The number of hydrogen-bond acceptors (Lipinski definition) is 6. The second-order valence-corrected chi connectivity index (χ2v) is 10.2. The topological polar surface area (TPSA) is 67.7 Å². The van der Waals surface area contributed by atoms with Crippen molar-refractivity contribution >= 4 is 9.84 Å². The quantitative estimate of drug-likeness (QED) is 0.610. The summed E-state index contributed by atoms with van der Waals surface area (Å²) in [4.78, 5) is 9.27. The summed E-state index contributed by atoms with van der Waals surface area (Å²) in [6.07, 6.45) is 7.56. The molecular formula is C20H36N4O3S. The highest BCUT2D eigenvalue weighted by atomic mass is 32.2. The van der Waals surface area contributed by atoms with Crippen molar-refractivity contribution in [2.75, 3.05) is 46.4 Å². The Bertz CT molecular complexity index is 703. The van der Waals surface area contributed by atoms with Crippen LogP contribution in [0.5, 0.6) is 0 Å². The molecule has 0 bridgehead atoms. The second-order valence-electron chi connectivity index (χ2n) is 8.05. The lowest BCUT2D eigenvalue weighted by molar-refractivity contribution is 0.128. The average molecular weight is 413 g/mol. The van der Waals surface area contributed by atoms with Crippen molar-refractivity contribution in [1.82, 2.24) is 19.4 Å². The fourth-order valence-corrected chi connectivity index (χ4v) is 6.33. The van der Waals surface area contributed by atoms with E-state index in [-0.39, 0.29) is 10.4 Å². The lowest BCUT2D eigenvalue weighted by Crippen LogP contribution is -2.45. The number of sulfone groups is 1. The van der Waals surface area contributed by atoms with Gasteiger partial charge in [0.2, 0.25) is 15.0 Å². The van der Waals surface area contributed by atoms with Gasteiger partial charge in [-0.1, -0.05) is 32.6 Å². The summed E-state index contributed by atoms with van der Waals surface area (Å²) in [7, 11) is -1.76. The number of aromatic nitrogens is 2. The summed E-state index contributed by atoms with van der Waals surface area (Å²) in [6.45, 7) is 9.19. The molecule has 1 aromatic heterocycles. The lowest BCUT2D eigenvalue weighted by Gasteiger charge is -2.34. The summed E-state index contributed by atoms with van der Waals surface area (Å²) in [5.74, 6) is 0. The van der Waals surface area contributed by atoms with Gasteiger partial charge >= 0.3 is 0 Å². The Hall–Kier alpha value is -0.960. The monoisotopic (exact) mass is 412 g/mol. The van der Waals surface area contributed by atoms with Crippen LogP contribution in [-0.2, 0) is 27.7 Å². The molecule has 0 unspecified atom stereocenters. The number of ether oxygens (including phenoxy) is 1. The minimum Gasteiger partial charge on any atom is -0.383 e. The Morgan fingerprint density at radius 2 is 1.71 bits per heavy atom. The van der Waals surface area contributed by atoms with Gasteiger partial charge in [-0.25, -0.2) is 13.4 Å². The third-order valence-corrected chi connectivity index (χ3v) is 8.40. The Morgan fingerprint density at radius 1 is 1.07 bits per heavy atom. The van der Waals surface area contributed by atoms with Gasteiger partial charge in [0.1, 0.15) is 0 Å². The lowest BCUT2D eigenvalue weighted by atomic mass is 10.2. The molecule has 1 aromatic rings. The van der Waals surface area contributed by atoms with Crippen molar-refractivity contribution in [3.05, 3.63) is 11.9 Å². The maximum absolute atomic E-state index is 13.4.